The topological polar surface area (TPSA) is 74.3 Å². The average molecular weight is 363 g/mol. The molecule has 7 nitrogen and oxygen atoms in total. The van der Waals surface area contributed by atoms with E-state index in [0.29, 0.717) is 18.7 Å². The molecule has 0 aliphatic carbocycles. The maximum Gasteiger partial charge on any atom is 0.257 e. The molecule has 0 spiro atoms. The molecule has 3 heterocycles. The first-order valence-electron chi connectivity index (χ1n) is 8.88. The van der Waals surface area contributed by atoms with E-state index in [1.807, 2.05) is 41.3 Å². The maximum absolute atomic E-state index is 13.1. The first kappa shape index (κ1) is 17.1. The first-order valence-corrected chi connectivity index (χ1v) is 8.88. The highest BCUT2D eigenvalue weighted by atomic mass is 16.5. The number of aromatic nitrogens is 3. The minimum atomic E-state index is -0.00375. The lowest BCUT2D eigenvalue weighted by Crippen LogP contribution is -2.48. The highest BCUT2D eigenvalue weighted by Crippen LogP contribution is 2.26. The normalized spacial score (nSPS) is 14.3. The number of anilines is 1. The van der Waals surface area contributed by atoms with E-state index in [1.165, 1.54) is 0 Å². The van der Waals surface area contributed by atoms with E-state index in [9.17, 15) is 4.79 Å². The van der Waals surface area contributed by atoms with Gasteiger partial charge in [-0.05, 0) is 24.3 Å². The number of benzene rings is 1. The molecule has 1 N–H and O–H groups in total. The zero-order valence-electron chi connectivity index (χ0n) is 15.1. The summed E-state index contributed by atoms with van der Waals surface area (Å²) < 4.78 is 5.28. The minimum absolute atomic E-state index is 0.00375. The highest BCUT2D eigenvalue weighted by Gasteiger charge is 2.25. The Morgan fingerprint density at radius 2 is 1.89 bits per heavy atom. The summed E-state index contributed by atoms with van der Waals surface area (Å²) in [4.78, 5) is 21.3. The Morgan fingerprint density at radius 1 is 1.11 bits per heavy atom. The second kappa shape index (κ2) is 7.49. The van der Waals surface area contributed by atoms with E-state index in [4.69, 9.17) is 4.74 Å². The zero-order valence-corrected chi connectivity index (χ0v) is 15.1. The minimum Gasteiger partial charge on any atom is -0.497 e. The van der Waals surface area contributed by atoms with Crippen LogP contribution in [0, 0.1) is 0 Å². The fourth-order valence-electron chi connectivity index (χ4n) is 3.34. The third-order valence-corrected chi connectivity index (χ3v) is 4.82. The molecule has 7 heteroatoms. The van der Waals surface area contributed by atoms with E-state index >= 15 is 0 Å². The number of rotatable bonds is 4. The van der Waals surface area contributed by atoms with Crippen molar-refractivity contribution >= 4 is 11.6 Å². The number of pyridine rings is 1. The number of nitrogens with one attached hydrogen (secondary N) is 1. The van der Waals surface area contributed by atoms with E-state index < -0.39 is 0 Å². The Hall–Kier alpha value is -3.35. The zero-order chi connectivity index (χ0) is 18.6. The van der Waals surface area contributed by atoms with Crippen molar-refractivity contribution in [1.29, 1.82) is 0 Å². The molecule has 1 aliphatic heterocycles. The van der Waals surface area contributed by atoms with Crippen molar-refractivity contribution in [2.45, 2.75) is 0 Å². The second-order valence-electron chi connectivity index (χ2n) is 6.38. The lowest BCUT2D eigenvalue weighted by Gasteiger charge is -2.36. The molecule has 1 aliphatic rings. The summed E-state index contributed by atoms with van der Waals surface area (Å²) in [6.07, 6.45) is 5.18. The van der Waals surface area contributed by atoms with Gasteiger partial charge in [0.05, 0.1) is 24.6 Å². The molecule has 0 bridgehead atoms. The number of hydrogen-bond donors (Lipinski definition) is 1. The standard InChI is InChI=1S/C20H21N5O2/c1-27-17-4-2-3-15(13-17)19-18(14-22-23-19)20(26)25-11-9-24(10-12-25)16-5-7-21-8-6-16/h2-8,13-14H,9-12H2,1H3,(H,22,23). The van der Waals surface area contributed by atoms with Crippen LogP contribution in [0.3, 0.4) is 0 Å². The van der Waals surface area contributed by atoms with Gasteiger partial charge in [0.15, 0.2) is 0 Å². The summed E-state index contributed by atoms with van der Waals surface area (Å²) in [5, 5.41) is 7.06. The summed E-state index contributed by atoms with van der Waals surface area (Å²) in [6.45, 7) is 2.93. The van der Waals surface area contributed by atoms with Crippen molar-refractivity contribution in [2.24, 2.45) is 0 Å². The summed E-state index contributed by atoms with van der Waals surface area (Å²) in [5.41, 5.74) is 3.32. The van der Waals surface area contributed by atoms with Crippen molar-refractivity contribution in [3.05, 3.63) is 60.6 Å². The largest absolute Gasteiger partial charge is 0.497 e. The van der Waals surface area contributed by atoms with Crippen LogP contribution >= 0.6 is 0 Å². The van der Waals surface area contributed by atoms with E-state index in [2.05, 4.69) is 20.1 Å². The van der Waals surface area contributed by atoms with Gasteiger partial charge in [0.25, 0.3) is 5.91 Å². The van der Waals surface area contributed by atoms with Crippen molar-refractivity contribution in [3.63, 3.8) is 0 Å². The number of H-pyrrole nitrogens is 1. The quantitative estimate of drug-likeness (QED) is 0.771. The number of methoxy groups -OCH3 is 1. The van der Waals surface area contributed by atoms with Crippen LogP contribution in [0.4, 0.5) is 5.69 Å². The molecule has 1 fully saturated rings. The number of amides is 1. The fourth-order valence-corrected chi connectivity index (χ4v) is 3.34. The van der Waals surface area contributed by atoms with Gasteiger partial charge >= 0.3 is 0 Å². The Bertz CT molecular complexity index is 917. The van der Waals surface area contributed by atoms with E-state index in [-0.39, 0.29) is 5.91 Å². The third kappa shape index (κ3) is 3.48. The second-order valence-corrected chi connectivity index (χ2v) is 6.38. The van der Waals surface area contributed by atoms with Crippen LogP contribution in [0.5, 0.6) is 5.75 Å². The van der Waals surface area contributed by atoms with E-state index in [1.54, 1.807) is 25.7 Å². The number of carbonyl (C=O) groups excluding carboxylic acids is 1. The van der Waals surface area contributed by atoms with Gasteiger partial charge in [0, 0.05) is 49.8 Å². The van der Waals surface area contributed by atoms with Gasteiger partial charge in [0.2, 0.25) is 0 Å². The van der Waals surface area contributed by atoms with Crippen LogP contribution in [-0.2, 0) is 0 Å². The summed E-state index contributed by atoms with van der Waals surface area (Å²) in [7, 11) is 1.63. The number of aromatic amines is 1. The SMILES string of the molecule is COc1cccc(-c2[nH]ncc2C(=O)N2CCN(c3ccncc3)CC2)c1. The van der Waals surface area contributed by atoms with Crippen LogP contribution in [0.25, 0.3) is 11.3 Å². The average Bonchev–Trinajstić information content (AvgIpc) is 3.24. The van der Waals surface area contributed by atoms with Gasteiger partial charge in [-0.15, -0.1) is 0 Å². The molecule has 2 aromatic heterocycles. The van der Waals surface area contributed by atoms with Crippen LogP contribution in [0.2, 0.25) is 0 Å². The molecule has 138 valence electrons. The number of nitrogens with zero attached hydrogens (tertiary/aromatic N) is 4. The van der Waals surface area contributed by atoms with Crippen LogP contribution in [-0.4, -0.2) is 59.3 Å². The molecule has 3 aromatic rings. The van der Waals surface area contributed by atoms with Gasteiger partial charge in [0.1, 0.15) is 5.75 Å². The molecule has 0 unspecified atom stereocenters. The lowest BCUT2D eigenvalue weighted by atomic mass is 10.1. The van der Waals surface area contributed by atoms with Gasteiger partial charge < -0.3 is 14.5 Å². The van der Waals surface area contributed by atoms with Gasteiger partial charge in [-0.25, -0.2) is 0 Å². The van der Waals surface area contributed by atoms with Gasteiger partial charge in [-0.3, -0.25) is 14.9 Å². The van der Waals surface area contributed by atoms with Crippen molar-refractivity contribution in [1.82, 2.24) is 20.1 Å². The molecule has 1 saturated heterocycles. The van der Waals surface area contributed by atoms with E-state index in [0.717, 1.165) is 35.8 Å². The molecule has 4 rings (SSSR count). The molecule has 1 amide bonds. The van der Waals surface area contributed by atoms with Crippen molar-refractivity contribution in [2.75, 3.05) is 38.2 Å². The predicted octanol–water partition coefficient (Wildman–Crippen LogP) is 2.44. The monoisotopic (exact) mass is 363 g/mol. The van der Waals surface area contributed by atoms with Crippen LogP contribution in [0.1, 0.15) is 10.4 Å². The molecule has 1 aromatic carbocycles. The number of carbonyl (C=O) groups is 1. The first-order chi connectivity index (χ1) is 13.3. The third-order valence-electron chi connectivity index (χ3n) is 4.82. The maximum atomic E-state index is 13.1. The Labute approximate surface area is 157 Å². The molecule has 0 saturated carbocycles. The van der Waals surface area contributed by atoms with Gasteiger partial charge in [-0.2, -0.15) is 5.10 Å². The molecular formula is C20H21N5O2. The number of hydrogen-bond acceptors (Lipinski definition) is 5. The number of piperazine rings is 1. The number of ether oxygens (including phenoxy) is 1. The highest BCUT2D eigenvalue weighted by molar-refractivity contribution is 6.00. The van der Waals surface area contributed by atoms with Crippen molar-refractivity contribution < 1.29 is 9.53 Å². The van der Waals surface area contributed by atoms with Gasteiger partial charge in [-0.1, -0.05) is 12.1 Å². The molecule has 0 atom stereocenters. The summed E-state index contributed by atoms with van der Waals surface area (Å²) in [6, 6.07) is 11.6. The Kier molecular flexibility index (Phi) is 4.74. The smallest absolute Gasteiger partial charge is 0.257 e. The predicted molar refractivity (Wildman–Crippen MR) is 103 cm³/mol. The lowest BCUT2D eigenvalue weighted by molar-refractivity contribution is 0.0747. The summed E-state index contributed by atoms with van der Waals surface area (Å²) in [5.74, 6) is 0.738. The Balaban J connectivity index is 1.49. The Morgan fingerprint density at radius 3 is 2.63 bits per heavy atom. The van der Waals surface area contributed by atoms with Crippen LogP contribution < -0.4 is 9.64 Å². The summed E-state index contributed by atoms with van der Waals surface area (Å²) >= 11 is 0. The van der Waals surface area contributed by atoms with Crippen LogP contribution in [0.15, 0.2) is 55.0 Å². The molecular weight excluding hydrogens is 342 g/mol. The molecule has 27 heavy (non-hydrogen) atoms. The molecule has 0 radical (unpaired) electrons. The fraction of sp³-hybridized carbons (Fsp3) is 0.250. The van der Waals surface area contributed by atoms with Crippen molar-refractivity contribution in [3.8, 4) is 17.0 Å².